The third kappa shape index (κ3) is 60.1. The van der Waals surface area contributed by atoms with Gasteiger partial charge in [-0.1, -0.05) is 39.5 Å². The number of likely N-dealkylation sites (N-methyl/N-ethyl adjacent to an activating group) is 1. The van der Waals surface area contributed by atoms with E-state index in [1.807, 2.05) is 0 Å². The van der Waals surface area contributed by atoms with Gasteiger partial charge in [-0.05, 0) is 113 Å². The molecule has 30 nitrogen and oxygen atoms in total. The zero-order valence-electron chi connectivity index (χ0n) is 51.4. The number of esters is 1. The number of carboxylic acid groups (broad SMARTS) is 5. The molecule has 492 valence electrons. The summed E-state index contributed by atoms with van der Waals surface area (Å²) in [5, 5.41) is 55.2. The fourth-order valence-corrected chi connectivity index (χ4v) is 4.78. The van der Waals surface area contributed by atoms with Crippen LogP contribution in [0.15, 0.2) is 77.9 Å². The van der Waals surface area contributed by atoms with Crippen LogP contribution in [0.2, 0.25) is 0 Å². The number of quaternary nitrogens is 1. The van der Waals surface area contributed by atoms with Crippen molar-refractivity contribution in [2.75, 3.05) is 53.9 Å². The number of ether oxygens (including phenoxy) is 1. The highest BCUT2D eigenvalue weighted by Crippen LogP contribution is 2.04. The fourth-order valence-electron chi connectivity index (χ4n) is 4.78. The predicted molar refractivity (Wildman–Crippen MR) is 320 cm³/mol. The Labute approximate surface area is 510 Å². The summed E-state index contributed by atoms with van der Waals surface area (Å²) in [5.41, 5.74) is 27.7. The van der Waals surface area contributed by atoms with Crippen molar-refractivity contribution >= 4 is 77.2 Å². The number of halogens is 1. The van der Waals surface area contributed by atoms with E-state index in [9.17, 15) is 57.5 Å². The third-order valence-corrected chi connectivity index (χ3v) is 9.93. The van der Waals surface area contributed by atoms with E-state index >= 15 is 0 Å². The molecule has 0 bridgehead atoms. The van der Waals surface area contributed by atoms with Crippen molar-refractivity contribution in [3.8, 4) is 0 Å². The summed E-state index contributed by atoms with van der Waals surface area (Å²) in [7, 11) is 6.15. The minimum Gasteiger partial charge on any atom is -1.00 e. The number of aliphatic carboxylic acids is 5. The highest BCUT2D eigenvalue weighted by atomic mass is 35.5. The molecule has 5 atom stereocenters. The van der Waals surface area contributed by atoms with Gasteiger partial charge in [0.2, 0.25) is 35.4 Å². The van der Waals surface area contributed by atoms with Crippen molar-refractivity contribution in [2.24, 2.45) is 33.7 Å². The van der Waals surface area contributed by atoms with Gasteiger partial charge in [0.1, 0.15) is 43.4 Å². The van der Waals surface area contributed by atoms with Crippen LogP contribution in [-0.2, 0) is 62.3 Å². The van der Waals surface area contributed by atoms with Gasteiger partial charge in [0.05, 0.1) is 21.1 Å². The van der Waals surface area contributed by atoms with Gasteiger partial charge in [0.25, 0.3) is 0 Å². The number of unbranched alkanes of at least 4 members (excludes halogenated alkanes) is 2. The predicted octanol–water partition coefficient (Wildman–Crippen LogP) is -2.93. The van der Waals surface area contributed by atoms with Crippen LogP contribution in [0.4, 0.5) is 0 Å². The Morgan fingerprint density at radius 3 is 1.20 bits per heavy atom. The highest BCUT2D eigenvalue weighted by molar-refractivity contribution is 5.97. The van der Waals surface area contributed by atoms with E-state index in [0.717, 1.165) is 23.9 Å². The Kier molecular flexibility index (Phi) is 55.3. The Balaban J connectivity index is -0.000000175. The number of primary amides is 1. The molecule has 0 aromatic carbocycles. The molecule has 0 saturated carbocycles. The molecular weight excluding hydrogens is 1150 g/mol. The maximum atomic E-state index is 11.3. The Bertz CT molecular complexity index is 2330. The lowest BCUT2D eigenvalue weighted by Crippen LogP contribution is -3.00. The molecule has 0 radical (unpaired) electrons. The van der Waals surface area contributed by atoms with Gasteiger partial charge >= 0.3 is 35.8 Å². The number of carbonyl (C=O) groups is 12. The second-order valence-electron chi connectivity index (χ2n) is 19.9. The van der Waals surface area contributed by atoms with Crippen molar-refractivity contribution < 1.29 is 105 Å². The Morgan fingerprint density at radius 1 is 0.512 bits per heavy atom. The molecule has 86 heavy (non-hydrogen) atoms. The number of hydrogen-bond donors (Lipinski definition) is 15. The van der Waals surface area contributed by atoms with Gasteiger partial charge in [-0.25, -0.2) is 19.2 Å². The molecule has 0 heterocycles. The minimum atomic E-state index is -1.20. The molecule has 0 aliphatic rings. The van der Waals surface area contributed by atoms with Crippen LogP contribution in [0.25, 0.3) is 0 Å². The monoisotopic (exact) mass is 1250 g/mol. The van der Waals surface area contributed by atoms with Crippen LogP contribution in [0.5, 0.6) is 0 Å². The van der Waals surface area contributed by atoms with Crippen molar-refractivity contribution in [3.05, 3.63) is 72.9 Å². The number of nitrogens with zero attached hydrogens (tertiary/aromatic N) is 2. The Morgan fingerprint density at radius 2 is 0.884 bits per heavy atom. The summed E-state index contributed by atoms with van der Waals surface area (Å²) >= 11 is 0. The molecule has 0 aliphatic carbocycles. The van der Waals surface area contributed by atoms with Crippen molar-refractivity contribution in [2.45, 2.75) is 143 Å². The molecule has 20 N–H and O–H groups in total. The maximum Gasteiger partial charge on any atom is 0.333 e. The van der Waals surface area contributed by atoms with Crippen LogP contribution in [0.1, 0.15) is 113 Å². The van der Waals surface area contributed by atoms with Gasteiger partial charge in [0.15, 0.2) is 5.96 Å². The number of rotatable bonds is 34. The van der Waals surface area contributed by atoms with Gasteiger partial charge in [-0.3, -0.25) is 43.3 Å². The van der Waals surface area contributed by atoms with Crippen molar-refractivity contribution in [1.82, 2.24) is 26.6 Å². The molecule has 0 aliphatic heterocycles. The lowest BCUT2D eigenvalue weighted by molar-refractivity contribution is -0.870. The maximum absolute atomic E-state index is 11.3. The van der Waals surface area contributed by atoms with Crippen LogP contribution in [0.3, 0.4) is 0 Å². The number of carboxylic acids is 5. The number of hydrogen-bond acceptors (Lipinski definition) is 16. The van der Waals surface area contributed by atoms with Crippen LogP contribution >= 0.6 is 0 Å². The van der Waals surface area contributed by atoms with Crippen LogP contribution in [-0.4, -0.2) is 191 Å². The number of nitrogens with one attached hydrogen (secondary N) is 5. The molecule has 6 amide bonds. The van der Waals surface area contributed by atoms with Crippen molar-refractivity contribution in [1.29, 1.82) is 0 Å². The molecule has 0 spiro atoms. The summed E-state index contributed by atoms with van der Waals surface area (Å²) in [6.45, 7) is 33.9. The third-order valence-electron chi connectivity index (χ3n) is 9.93. The largest absolute Gasteiger partial charge is 1.00 e. The average molecular weight is 1250 g/mol. The SMILES string of the molecule is C=C(C)C(=O)NC(C)C(=O)O.C=C(C)C(=O)NC(CCC(N)=O)C(=O)O.C=C(C)C(=O)NC(CCCCN)C(=O)O.C=C(C)C(=O)NC(CCCN=C(N)N)C(=O)O.C=C(C)C(=O)NCCCCC(N)C(=O)O.C=C(C)C(=O)OCC[N+](C)(C)C.[Cl-]. The van der Waals surface area contributed by atoms with E-state index in [2.05, 4.69) is 92.2 Å². The molecule has 0 aromatic heterocycles. The first-order valence-corrected chi connectivity index (χ1v) is 26.3. The number of aliphatic imine (C=N–C) groups is 1. The van der Waals surface area contributed by atoms with Gasteiger partial charge in [-0.2, -0.15) is 0 Å². The first kappa shape index (κ1) is 91.3. The molecule has 31 heteroatoms. The van der Waals surface area contributed by atoms with Gasteiger partial charge in [-0.15, -0.1) is 0 Å². The number of guanidine groups is 1. The molecule has 0 saturated heterocycles. The highest BCUT2D eigenvalue weighted by Gasteiger charge is 2.22. The second-order valence-corrected chi connectivity index (χ2v) is 19.9. The second kappa shape index (κ2) is 52.1. The van der Waals surface area contributed by atoms with E-state index in [1.54, 1.807) is 13.8 Å². The first-order valence-electron chi connectivity index (χ1n) is 26.3. The number of nitrogens with two attached hydrogens (primary N) is 5. The zero-order chi connectivity index (χ0) is 67.9. The summed E-state index contributed by atoms with van der Waals surface area (Å²) in [6, 6.07) is -4.57. The van der Waals surface area contributed by atoms with E-state index < -0.39 is 89.6 Å². The quantitative estimate of drug-likeness (QED) is 0.00766. The van der Waals surface area contributed by atoms with Crippen LogP contribution in [0, 0.1) is 0 Å². The van der Waals surface area contributed by atoms with E-state index in [4.69, 9.17) is 58.9 Å². The lowest BCUT2D eigenvalue weighted by atomic mass is 10.1. The summed E-state index contributed by atoms with van der Waals surface area (Å²) in [5.74, 6) is -8.35. The molecule has 0 rings (SSSR count). The van der Waals surface area contributed by atoms with E-state index in [-0.39, 0.29) is 60.7 Å². The number of carbonyl (C=O) groups excluding carboxylic acids is 7. The average Bonchev–Trinajstić information content (AvgIpc) is 3.37. The van der Waals surface area contributed by atoms with Gasteiger partial charge < -0.3 is 102 Å². The molecule has 5 unspecified atom stereocenters. The summed E-state index contributed by atoms with van der Waals surface area (Å²) in [4.78, 5) is 133. The Hall–Kier alpha value is -8.48. The number of amides is 6. The van der Waals surface area contributed by atoms with E-state index in [1.165, 1.54) is 34.6 Å². The fraction of sp³-hybridized carbons (Fsp3) is 0.545. The first-order chi connectivity index (χ1) is 38.9. The van der Waals surface area contributed by atoms with Crippen LogP contribution < -0.4 is 67.7 Å². The molecular formula is C55H97ClN12O18. The van der Waals surface area contributed by atoms with E-state index in [0.29, 0.717) is 80.6 Å². The summed E-state index contributed by atoms with van der Waals surface area (Å²) in [6.07, 6.45) is 4.28. The minimum absolute atomic E-state index is 0. The zero-order valence-corrected chi connectivity index (χ0v) is 52.2. The van der Waals surface area contributed by atoms with Crippen molar-refractivity contribution in [3.63, 3.8) is 0 Å². The smallest absolute Gasteiger partial charge is 0.333 e. The summed E-state index contributed by atoms with van der Waals surface area (Å²) < 4.78 is 5.72. The molecule has 0 fully saturated rings. The molecule has 0 aromatic rings. The normalized spacial score (nSPS) is 11.4. The van der Waals surface area contributed by atoms with Gasteiger partial charge in [0, 0.05) is 52.9 Å². The standard InChI is InChI=1S/C10H18N4O3.2C10H18N2O3.C9H14N2O4.C9H18NO2.C7H11NO3.ClH/c1-6(2)8(15)14-7(9(16)17)4-3-5-13-10(11)12;1-7(2)9(13)12-6-4-3-5-8(11)10(14)15;1-7(2)9(13)12-8(10(14)15)5-3-4-6-11;1-5(2)8(13)11-6(9(14)15)3-4-7(10)12;1-8(2)9(11)12-7-6-10(3,4)5;1-4(2)6(9)8-5(3)7(10)11;/h7H,1,3-5H2,2H3,(H,14,15)(H,16,17)(H4,11,12,13);2*8H,1,3-6,11H2,2H3,(H,12,13)(H,14,15);6H,1,3-4H2,2H3,(H2,10,12)(H,11,13)(H,14,15);1,6-7H2,2-5H3;5H,1H2,2-3H3,(H,8,9)(H,10,11);1H/q;;;;+1;;/p-1. The topological polar surface area (TPSA) is 518 Å². The lowest BCUT2D eigenvalue weighted by Gasteiger charge is -2.23.